The van der Waals surface area contributed by atoms with Crippen LogP contribution in [0.4, 0.5) is 0 Å². The molecule has 2 aromatic rings. The largest absolute Gasteiger partial charge is 0.507 e. The van der Waals surface area contributed by atoms with Crippen LogP contribution in [-0.2, 0) is 11.3 Å². The molecule has 0 bridgehead atoms. The monoisotopic (exact) mass is 306 g/mol. The molecule has 0 aliphatic carbocycles. The van der Waals surface area contributed by atoms with Crippen LogP contribution in [-0.4, -0.2) is 48.9 Å². The Balaban J connectivity index is 1.53. The highest BCUT2D eigenvalue weighted by Crippen LogP contribution is 2.31. The molecule has 21 heavy (non-hydrogen) atoms. The van der Waals surface area contributed by atoms with Gasteiger partial charge in [-0.25, -0.2) is 0 Å². The molecule has 1 saturated heterocycles. The van der Waals surface area contributed by atoms with Gasteiger partial charge in [-0.15, -0.1) is 11.3 Å². The van der Waals surface area contributed by atoms with E-state index in [0.717, 1.165) is 49.5 Å². The Kier molecular flexibility index (Phi) is 4.75. The van der Waals surface area contributed by atoms with Gasteiger partial charge < -0.3 is 15.2 Å². The van der Waals surface area contributed by atoms with E-state index in [0.29, 0.717) is 11.8 Å². The predicted octanol–water partition coefficient (Wildman–Crippen LogP) is 2.42. The molecule has 0 spiro atoms. The van der Waals surface area contributed by atoms with Crippen molar-refractivity contribution in [1.29, 1.82) is 0 Å². The Hall–Kier alpha value is -1.14. The molecule has 114 valence electrons. The average Bonchev–Trinajstić information content (AvgIpc) is 2.92. The van der Waals surface area contributed by atoms with Gasteiger partial charge in [-0.05, 0) is 25.1 Å². The van der Waals surface area contributed by atoms with Gasteiger partial charge in [-0.1, -0.05) is 6.07 Å². The summed E-state index contributed by atoms with van der Waals surface area (Å²) in [5.74, 6) is 0.372. The quantitative estimate of drug-likeness (QED) is 0.890. The number of nitrogens with one attached hydrogen (secondary N) is 1. The summed E-state index contributed by atoms with van der Waals surface area (Å²) in [5, 5.41) is 14.3. The first kappa shape index (κ1) is 14.8. The Morgan fingerprint density at radius 3 is 2.95 bits per heavy atom. The first-order valence-electron chi connectivity index (χ1n) is 7.47. The van der Waals surface area contributed by atoms with Crippen molar-refractivity contribution in [3.05, 3.63) is 29.1 Å². The fourth-order valence-electron chi connectivity index (χ4n) is 2.74. The van der Waals surface area contributed by atoms with Crippen LogP contribution in [0.3, 0.4) is 0 Å². The zero-order valence-corrected chi connectivity index (χ0v) is 13.2. The molecule has 1 aliphatic rings. The number of ether oxygens (including phenoxy) is 1. The molecule has 1 aromatic carbocycles. The number of rotatable bonds is 5. The van der Waals surface area contributed by atoms with E-state index in [2.05, 4.69) is 29.3 Å². The number of hydrogen-bond acceptors (Lipinski definition) is 5. The summed E-state index contributed by atoms with van der Waals surface area (Å²) in [7, 11) is 0. The highest BCUT2D eigenvalue weighted by Gasteiger charge is 2.16. The Morgan fingerprint density at radius 1 is 1.38 bits per heavy atom. The van der Waals surface area contributed by atoms with Gasteiger partial charge in [0.2, 0.25) is 0 Å². The third kappa shape index (κ3) is 3.55. The molecule has 1 aliphatic heterocycles. The minimum atomic E-state index is 0.372. The second-order valence-corrected chi connectivity index (χ2v) is 6.70. The van der Waals surface area contributed by atoms with Crippen LogP contribution in [0, 0.1) is 0 Å². The highest BCUT2D eigenvalue weighted by molar-refractivity contribution is 7.19. The number of hydrogen-bond donors (Lipinski definition) is 2. The van der Waals surface area contributed by atoms with E-state index in [1.807, 2.05) is 6.07 Å². The zero-order valence-electron chi connectivity index (χ0n) is 12.3. The number of fused-ring (bicyclic) bond motifs is 1. The third-order valence-corrected chi connectivity index (χ3v) is 5.10. The van der Waals surface area contributed by atoms with Crippen molar-refractivity contribution < 1.29 is 9.84 Å². The summed E-state index contributed by atoms with van der Waals surface area (Å²) in [5.41, 5.74) is 0. The third-order valence-electron chi connectivity index (χ3n) is 4.00. The molecule has 1 fully saturated rings. The van der Waals surface area contributed by atoms with Crippen LogP contribution in [0.25, 0.3) is 10.1 Å². The molecule has 5 heteroatoms. The van der Waals surface area contributed by atoms with E-state index >= 15 is 0 Å². The van der Waals surface area contributed by atoms with E-state index < -0.39 is 0 Å². The fourth-order valence-corrected chi connectivity index (χ4v) is 3.79. The SMILES string of the molecule is CC(CNCc1cc2c(O)cccc2s1)N1CCOCC1. The van der Waals surface area contributed by atoms with Crippen LogP contribution in [0.15, 0.2) is 24.3 Å². The summed E-state index contributed by atoms with van der Waals surface area (Å²) in [6.07, 6.45) is 0. The number of nitrogens with zero attached hydrogens (tertiary/aromatic N) is 1. The molecular formula is C16H22N2O2S. The lowest BCUT2D eigenvalue weighted by molar-refractivity contribution is 0.0203. The summed E-state index contributed by atoms with van der Waals surface area (Å²) in [6, 6.07) is 8.30. The number of thiophene rings is 1. The van der Waals surface area contributed by atoms with Crippen LogP contribution in [0.2, 0.25) is 0 Å². The molecule has 3 rings (SSSR count). The normalized spacial score (nSPS) is 18.1. The molecular weight excluding hydrogens is 284 g/mol. The van der Waals surface area contributed by atoms with Crippen molar-refractivity contribution in [2.24, 2.45) is 0 Å². The summed E-state index contributed by atoms with van der Waals surface area (Å²) >= 11 is 1.74. The topological polar surface area (TPSA) is 44.7 Å². The lowest BCUT2D eigenvalue weighted by atomic mass is 10.2. The van der Waals surface area contributed by atoms with Gasteiger partial charge >= 0.3 is 0 Å². The van der Waals surface area contributed by atoms with Gasteiger partial charge in [0.25, 0.3) is 0 Å². The number of phenolic OH excluding ortho intramolecular Hbond substituents is 1. The molecule has 1 atom stereocenters. The standard InChI is InChI=1S/C16H22N2O2S/c1-12(18-5-7-20-8-6-18)10-17-11-13-9-14-15(19)3-2-4-16(14)21-13/h2-4,9,12,17,19H,5-8,10-11H2,1H3. The molecule has 1 aromatic heterocycles. The van der Waals surface area contributed by atoms with Crippen molar-refractivity contribution >= 4 is 21.4 Å². The maximum Gasteiger partial charge on any atom is 0.124 e. The van der Waals surface area contributed by atoms with Crippen molar-refractivity contribution in [2.75, 3.05) is 32.8 Å². The zero-order chi connectivity index (χ0) is 14.7. The smallest absolute Gasteiger partial charge is 0.124 e. The first-order valence-corrected chi connectivity index (χ1v) is 8.28. The molecule has 0 radical (unpaired) electrons. The summed E-state index contributed by atoms with van der Waals surface area (Å²) in [4.78, 5) is 3.73. The molecule has 2 N–H and O–H groups in total. The van der Waals surface area contributed by atoms with Crippen molar-refractivity contribution in [3.8, 4) is 5.75 Å². The first-order chi connectivity index (χ1) is 10.2. The number of morpholine rings is 1. The Bertz CT molecular complexity index is 593. The highest BCUT2D eigenvalue weighted by atomic mass is 32.1. The maximum atomic E-state index is 9.84. The van der Waals surface area contributed by atoms with Crippen LogP contribution >= 0.6 is 11.3 Å². The summed E-state index contributed by atoms with van der Waals surface area (Å²) in [6.45, 7) is 7.84. The molecule has 0 amide bonds. The van der Waals surface area contributed by atoms with E-state index in [-0.39, 0.29) is 0 Å². The lowest BCUT2D eigenvalue weighted by Crippen LogP contribution is -2.46. The van der Waals surface area contributed by atoms with Gasteiger partial charge in [-0.3, -0.25) is 4.90 Å². The van der Waals surface area contributed by atoms with E-state index in [4.69, 9.17) is 4.74 Å². The predicted molar refractivity (Wildman–Crippen MR) is 87.1 cm³/mol. The van der Waals surface area contributed by atoms with Crippen molar-refractivity contribution in [3.63, 3.8) is 0 Å². The van der Waals surface area contributed by atoms with E-state index in [1.54, 1.807) is 17.4 Å². The Labute approximate surface area is 129 Å². The van der Waals surface area contributed by atoms with Gasteiger partial charge in [0, 0.05) is 47.2 Å². The molecule has 0 saturated carbocycles. The van der Waals surface area contributed by atoms with Gasteiger partial charge in [0.1, 0.15) is 5.75 Å². The van der Waals surface area contributed by atoms with Crippen molar-refractivity contribution in [1.82, 2.24) is 10.2 Å². The van der Waals surface area contributed by atoms with E-state index in [1.165, 1.54) is 4.88 Å². The van der Waals surface area contributed by atoms with E-state index in [9.17, 15) is 5.11 Å². The van der Waals surface area contributed by atoms with Crippen LogP contribution in [0.5, 0.6) is 5.75 Å². The second-order valence-electron chi connectivity index (χ2n) is 5.53. The lowest BCUT2D eigenvalue weighted by Gasteiger charge is -2.32. The van der Waals surface area contributed by atoms with Gasteiger partial charge in [-0.2, -0.15) is 0 Å². The second kappa shape index (κ2) is 6.75. The fraction of sp³-hybridized carbons (Fsp3) is 0.500. The van der Waals surface area contributed by atoms with Crippen LogP contribution in [0.1, 0.15) is 11.8 Å². The van der Waals surface area contributed by atoms with Crippen molar-refractivity contribution in [2.45, 2.75) is 19.5 Å². The average molecular weight is 306 g/mol. The van der Waals surface area contributed by atoms with Crippen LogP contribution < -0.4 is 5.32 Å². The minimum absolute atomic E-state index is 0.372. The number of benzene rings is 1. The molecule has 4 nitrogen and oxygen atoms in total. The summed E-state index contributed by atoms with van der Waals surface area (Å²) < 4.78 is 6.53. The minimum Gasteiger partial charge on any atom is -0.507 e. The molecule has 2 heterocycles. The molecule has 1 unspecified atom stereocenters. The Morgan fingerprint density at radius 2 is 2.19 bits per heavy atom. The maximum absolute atomic E-state index is 9.84. The van der Waals surface area contributed by atoms with Gasteiger partial charge in [0.15, 0.2) is 0 Å². The van der Waals surface area contributed by atoms with Gasteiger partial charge in [0.05, 0.1) is 13.2 Å². The number of aromatic hydroxyl groups is 1. The number of phenols is 1.